The van der Waals surface area contributed by atoms with E-state index in [0.717, 1.165) is 31.9 Å². The second-order valence-corrected chi connectivity index (χ2v) is 5.87. The van der Waals surface area contributed by atoms with Crippen LogP contribution in [0.15, 0.2) is 4.99 Å². The van der Waals surface area contributed by atoms with Crippen molar-refractivity contribution in [1.29, 1.82) is 0 Å². The van der Waals surface area contributed by atoms with Crippen molar-refractivity contribution in [3.05, 3.63) is 0 Å². The van der Waals surface area contributed by atoms with E-state index in [2.05, 4.69) is 34.8 Å². The number of nitrogens with zero attached hydrogens (tertiary/aromatic N) is 1. The monoisotopic (exact) mass is 410 g/mol. The maximum Gasteiger partial charge on any atom is 0.242 e. The van der Waals surface area contributed by atoms with Gasteiger partial charge >= 0.3 is 0 Å². The quantitative estimate of drug-likeness (QED) is 0.358. The number of rotatable bonds is 6. The molecule has 5 nitrogen and oxygen atoms in total. The van der Waals surface area contributed by atoms with Crippen LogP contribution in [-0.4, -0.2) is 37.5 Å². The van der Waals surface area contributed by atoms with Crippen molar-refractivity contribution in [3.8, 4) is 0 Å². The molecule has 0 aromatic carbocycles. The van der Waals surface area contributed by atoms with Crippen molar-refractivity contribution in [2.45, 2.75) is 58.9 Å². The first-order valence-electron chi connectivity index (χ1n) is 7.93. The summed E-state index contributed by atoms with van der Waals surface area (Å²) in [5.41, 5.74) is 0. The van der Waals surface area contributed by atoms with Gasteiger partial charge in [0, 0.05) is 19.1 Å². The second kappa shape index (κ2) is 12.1. The van der Waals surface area contributed by atoms with Gasteiger partial charge in [0.1, 0.15) is 6.54 Å². The number of amides is 1. The number of hydrogen-bond donors (Lipinski definition) is 3. The van der Waals surface area contributed by atoms with Crippen molar-refractivity contribution in [2.24, 2.45) is 10.9 Å². The third-order valence-corrected chi connectivity index (χ3v) is 3.37. The Hall–Kier alpha value is -0.530. The highest BCUT2D eigenvalue weighted by atomic mass is 127. The Morgan fingerprint density at radius 3 is 2.43 bits per heavy atom. The van der Waals surface area contributed by atoms with E-state index in [0.29, 0.717) is 12.0 Å². The van der Waals surface area contributed by atoms with Gasteiger partial charge in [-0.25, -0.2) is 4.99 Å². The van der Waals surface area contributed by atoms with E-state index >= 15 is 0 Å². The number of halogens is 1. The Balaban J connectivity index is 0.00000400. The molecule has 1 aliphatic rings. The predicted molar refractivity (Wildman–Crippen MR) is 99.3 cm³/mol. The Bertz CT molecular complexity index is 315. The summed E-state index contributed by atoms with van der Waals surface area (Å²) in [4.78, 5) is 16.2. The van der Waals surface area contributed by atoms with Crippen LogP contribution < -0.4 is 16.0 Å². The number of hydrogen-bond acceptors (Lipinski definition) is 2. The smallest absolute Gasteiger partial charge is 0.242 e. The molecule has 0 aromatic rings. The van der Waals surface area contributed by atoms with Gasteiger partial charge in [-0.1, -0.05) is 33.1 Å². The van der Waals surface area contributed by atoms with Gasteiger partial charge in [-0.3, -0.25) is 4.79 Å². The molecule has 0 aromatic heterocycles. The van der Waals surface area contributed by atoms with Crippen LogP contribution in [0.1, 0.15) is 52.9 Å². The molecule has 0 saturated heterocycles. The summed E-state index contributed by atoms with van der Waals surface area (Å²) in [6.07, 6.45) is 5.98. The van der Waals surface area contributed by atoms with Crippen LogP contribution in [-0.2, 0) is 4.79 Å². The third kappa shape index (κ3) is 9.92. The lowest BCUT2D eigenvalue weighted by atomic mass is 9.95. The Morgan fingerprint density at radius 1 is 1.19 bits per heavy atom. The van der Waals surface area contributed by atoms with Crippen LogP contribution in [0.4, 0.5) is 0 Å². The molecule has 0 heterocycles. The van der Waals surface area contributed by atoms with Gasteiger partial charge in [-0.15, -0.1) is 24.0 Å². The zero-order chi connectivity index (χ0) is 14.8. The molecular formula is C15H31IN4O. The van der Waals surface area contributed by atoms with Gasteiger partial charge in [-0.2, -0.15) is 0 Å². The molecule has 1 rings (SSSR count). The third-order valence-electron chi connectivity index (χ3n) is 3.37. The van der Waals surface area contributed by atoms with Gasteiger partial charge in [0.25, 0.3) is 0 Å². The molecule has 0 atom stereocenters. The lowest BCUT2D eigenvalue weighted by Gasteiger charge is -2.22. The minimum atomic E-state index is 0. The zero-order valence-corrected chi connectivity index (χ0v) is 15.9. The highest BCUT2D eigenvalue weighted by molar-refractivity contribution is 14.0. The summed E-state index contributed by atoms with van der Waals surface area (Å²) in [7, 11) is 0. The highest BCUT2D eigenvalue weighted by Gasteiger charge is 2.15. The Kier molecular flexibility index (Phi) is 11.8. The summed E-state index contributed by atoms with van der Waals surface area (Å²) in [5, 5.41) is 9.47. The number of nitrogens with one attached hydrogen (secondary N) is 3. The summed E-state index contributed by atoms with van der Waals surface area (Å²) in [5.74, 6) is 1.30. The first-order chi connectivity index (χ1) is 9.61. The van der Waals surface area contributed by atoms with Gasteiger partial charge in [-0.05, 0) is 25.7 Å². The van der Waals surface area contributed by atoms with Crippen LogP contribution in [0, 0.1) is 5.92 Å². The molecule has 1 saturated carbocycles. The molecule has 0 unspecified atom stereocenters. The van der Waals surface area contributed by atoms with Crippen molar-refractivity contribution in [2.75, 3.05) is 19.6 Å². The lowest BCUT2D eigenvalue weighted by Crippen LogP contribution is -2.41. The van der Waals surface area contributed by atoms with E-state index in [-0.39, 0.29) is 36.4 Å². The van der Waals surface area contributed by atoms with Crippen LogP contribution in [0.3, 0.4) is 0 Å². The molecule has 0 spiro atoms. The fourth-order valence-electron chi connectivity index (χ4n) is 2.31. The minimum Gasteiger partial charge on any atom is -0.357 e. The number of carbonyl (C=O) groups is 1. The first kappa shape index (κ1) is 20.5. The van der Waals surface area contributed by atoms with Crippen LogP contribution in [0.2, 0.25) is 0 Å². The van der Waals surface area contributed by atoms with Gasteiger partial charge in [0.05, 0.1) is 0 Å². The maximum absolute atomic E-state index is 11.9. The largest absolute Gasteiger partial charge is 0.357 e. The van der Waals surface area contributed by atoms with Crippen molar-refractivity contribution >= 4 is 35.8 Å². The number of guanidine groups is 1. The molecule has 1 amide bonds. The van der Waals surface area contributed by atoms with E-state index < -0.39 is 0 Å². The molecular weight excluding hydrogens is 379 g/mol. The fourth-order valence-corrected chi connectivity index (χ4v) is 2.31. The standard InChI is InChI=1S/C15H30N4O.HI/c1-4-16-15(17-10-12(2)3)18-11-14(20)19-13-8-6-5-7-9-13;/h12-13H,4-11H2,1-3H3,(H,19,20)(H2,16,17,18);1H. The molecule has 6 heteroatoms. The molecule has 124 valence electrons. The van der Waals surface area contributed by atoms with Crippen molar-refractivity contribution < 1.29 is 4.79 Å². The van der Waals surface area contributed by atoms with E-state index in [4.69, 9.17) is 0 Å². The van der Waals surface area contributed by atoms with Crippen LogP contribution >= 0.6 is 24.0 Å². The van der Waals surface area contributed by atoms with Crippen molar-refractivity contribution in [3.63, 3.8) is 0 Å². The minimum absolute atomic E-state index is 0. The molecule has 0 bridgehead atoms. The second-order valence-electron chi connectivity index (χ2n) is 5.87. The highest BCUT2D eigenvalue weighted by Crippen LogP contribution is 2.17. The van der Waals surface area contributed by atoms with Crippen LogP contribution in [0.5, 0.6) is 0 Å². The normalized spacial score (nSPS) is 16.3. The van der Waals surface area contributed by atoms with E-state index in [1.54, 1.807) is 0 Å². The van der Waals surface area contributed by atoms with E-state index in [9.17, 15) is 4.79 Å². The van der Waals surface area contributed by atoms with Gasteiger partial charge in [0.2, 0.25) is 5.91 Å². The molecule has 3 N–H and O–H groups in total. The predicted octanol–water partition coefficient (Wildman–Crippen LogP) is 2.26. The van der Waals surface area contributed by atoms with Gasteiger partial charge in [0.15, 0.2) is 5.96 Å². The van der Waals surface area contributed by atoms with E-state index in [1.807, 2.05) is 6.92 Å². The first-order valence-corrected chi connectivity index (χ1v) is 7.93. The Morgan fingerprint density at radius 2 is 1.86 bits per heavy atom. The molecule has 0 radical (unpaired) electrons. The van der Waals surface area contributed by atoms with Gasteiger partial charge < -0.3 is 16.0 Å². The SMILES string of the molecule is CCNC(=NCC(=O)NC1CCCCC1)NCC(C)C.I. The van der Waals surface area contributed by atoms with Crippen LogP contribution in [0.25, 0.3) is 0 Å². The molecule has 1 aliphatic carbocycles. The molecule has 21 heavy (non-hydrogen) atoms. The zero-order valence-electron chi connectivity index (χ0n) is 13.6. The summed E-state index contributed by atoms with van der Waals surface area (Å²) in [6.45, 7) is 8.17. The average Bonchev–Trinajstić information content (AvgIpc) is 2.43. The Labute approximate surface area is 146 Å². The topological polar surface area (TPSA) is 65.5 Å². The maximum atomic E-state index is 11.9. The average molecular weight is 410 g/mol. The number of carbonyl (C=O) groups excluding carboxylic acids is 1. The summed E-state index contributed by atoms with van der Waals surface area (Å²) >= 11 is 0. The lowest BCUT2D eigenvalue weighted by molar-refractivity contribution is -0.120. The molecule has 1 fully saturated rings. The fraction of sp³-hybridized carbons (Fsp3) is 0.867. The summed E-state index contributed by atoms with van der Waals surface area (Å²) < 4.78 is 0. The number of aliphatic imine (C=N–C) groups is 1. The summed E-state index contributed by atoms with van der Waals surface area (Å²) in [6, 6.07) is 0.359. The molecule has 0 aliphatic heterocycles. The van der Waals surface area contributed by atoms with E-state index in [1.165, 1.54) is 19.3 Å². The van der Waals surface area contributed by atoms with Crippen molar-refractivity contribution in [1.82, 2.24) is 16.0 Å².